The molecule has 0 saturated carbocycles. The zero-order chi connectivity index (χ0) is 12.5. The number of carbonyl (C=O) groups is 1. The van der Waals surface area contributed by atoms with E-state index in [2.05, 4.69) is 10.1 Å². The second-order valence-electron chi connectivity index (χ2n) is 4.97. The van der Waals surface area contributed by atoms with Gasteiger partial charge in [0.05, 0.1) is 0 Å². The van der Waals surface area contributed by atoms with Crippen LogP contribution in [0.5, 0.6) is 0 Å². The first-order valence-electron chi connectivity index (χ1n) is 6.53. The highest BCUT2D eigenvalue weighted by atomic mass is 32.2. The van der Waals surface area contributed by atoms with E-state index in [9.17, 15) is 9.90 Å². The molecule has 0 spiro atoms. The van der Waals surface area contributed by atoms with E-state index >= 15 is 0 Å². The van der Waals surface area contributed by atoms with Crippen LogP contribution in [0.1, 0.15) is 43.4 Å². The third kappa shape index (κ3) is 2.25. The third-order valence-electron chi connectivity index (χ3n) is 3.64. The molecule has 3 heterocycles. The van der Waals surface area contributed by atoms with Gasteiger partial charge in [-0.2, -0.15) is 16.9 Å². The number of aliphatic carboxylic acids is 1. The van der Waals surface area contributed by atoms with Gasteiger partial charge in [0.15, 0.2) is 11.9 Å². The number of aromatic nitrogens is 3. The van der Waals surface area contributed by atoms with E-state index in [0.717, 1.165) is 30.9 Å². The van der Waals surface area contributed by atoms with Crippen LogP contribution >= 0.6 is 11.8 Å². The van der Waals surface area contributed by atoms with Crippen LogP contribution in [-0.4, -0.2) is 36.8 Å². The van der Waals surface area contributed by atoms with Crippen LogP contribution < -0.4 is 0 Å². The fraction of sp³-hybridized carbons (Fsp3) is 0.750. The molecule has 0 radical (unpaired) electrons. The van der Waals surface area contributed by atoms with E-state index in [1.54, 1.807) is 4.68 Å². The van der Waals surface area contributed by atoms with Gasteiger partial charge in [-0.3, -0.25) is 0 Å². The van der Waals surface area contributed by atoms with Gasteiger partial charge in [0.1, 0.15) is 5.82 Å². The van der Waals surface area contributed by atoms with E-state index in [4.69, 9.17) is 0 Å². The van der Waals surface area contributed by atoms with Crippen LogP contribution in [0.15, 0.2) is 0 Å². The molecule has 2 atom stereocenters. The number of rotatable bonds is 3. The summed E-state index contributed by atoms with van der Waals surface area (Å²) in [5, 5.41) is 14.2. The fourth-order valence-corrected chi connectivity index (χ4v) is 3.99. The number of fused-ring (bicyclic) bond motifs is 1. The van der Waals surface area contributed by atoms with Crippen molar-refractivity contribution in [1.29, 1.82) is 0 Å². The van der Waals surface area contributed by atoms with E-state index in [0.29, 0.717) is 11.7 Å². The number of hydrogen-bond acceptors (Lipinski definition) is 4. The maximum absolute atomic E-state index is 11.2. The van der Waals surface area contributed by atoms with E-state index in [1.807, 2.05) is 11.8 Å². The number of carboxylic acid groups (broad SMARTS) is 1. The third-order valence-corrected chi connectivity index (χ3v) is 5.04. The fourth-order valence-electron chi connectivity index (χ4n) is 2.72. The van der Waals surface area contributed by atoms with Crippen LogP contribution in [-0.2, 0) is 17.6 Å². The largest absolute Gasteiger partial charge is 0.480 e. The molecule has 2 aliphatic heterocycles. The molecule has 1 aromatic heterocycles. The lowest BCUT2D eigenvalue weighted by Gasteiger charge is -2.19. The van der Waals surface area contributed by atoms with Gasteiger partial charge in [-0.25, -0.2) is 14.5 Å². The van der Waals surface area contributed by atoms with Crippen molar-refractivity contribution in [3.05, 3.63) is 11.6 Å². The van der Waals surface area contributed by atoms with Gasteiger partial charge in [0.25, 0.3) is 0 Å². The minimum absolute atomic E-state index is 0.508. The summed E-state index contributed by atoms with van der Waals surface area (Å²) in [5.41, 5.74) is 0. The van der Waals surface area contributed by atoms with Crippen molar-refractivity contribution >= 4 is 17.7 Å². The lowest BCUT2D eigenvalue weighted by Crippen LogP contribution is -2.26. The Morgan fingerprint density at radius 3 is 3.06 bits per heavy atom. The second-order valence-corrected chi connectivity index (χ2v) is 6.38. The first kappa shape index (κ1) is 12.0. The first-order valence-corrected chi connectivity index (χ1v) is 7.57. The average Bonchev–Trinajstić information content (AvgIpc) is 2.96. The Bertz CT molecular complexity index is 454. The molecule has 1 N–H and O–H groups in total. The number of nitrogens with zero attached hydrogens (tertiary/aromatic N) is 3. The van der Waals surface area contributed by atoms with Gasteiger partial charge in [-0.1, -0.05) is 0 Å². The molecule has 0 amide bonds. The number of hydrogen-bond donors (Lipinski definition) is 1. The lowest BCUT2D eigenvalue weighted by atomic mass is 10.1. The summed E-state index contributed by atoms with van der Waals surface area (Å²) in [6.45, 7) is 0. The SMILES string of the molecule is O=C(O)C1CCCc2nc(CC3CCCS3)nn21. The van der Waals surface area contributed by atoms with Crippen molar-refractivity contribution in [3.8, 4) is 0 Å². The van der Waals surface area contributed by atoms with Crippen molar-refractivity contribution < 1.29 is 9.90 Å². The quantitative estimate of drug-likeness (QED) is 0.902. The molecule has 3 rings (SSSR count). The van der Waals surface area contributed by atoms with Gasteiger partial charge >= 0.3 is 5.97 Å². The van der Waals surface area contributed by atoms with E-state index in [-0.39, 0.29) is 0 Å². The summed E-state index contributed by atoms with van der Waals surface area (Å²) in [6.07, 6.45) is 5.82. The Kier molecular flexibility index (Phi) is 3.28. The molecule has 5 nitrogen and oxygen atoms in total. The molecular formula is C12H17N3O2S. The summed E-state index contributed by atoms with van der Waals surface area (Å²) in [4.78, 5) is 15.7. The molecule has 0 aromatic carbocycles. The Hall–Kier alpha value is -1.04. The summed E-state index contributed by atoms with van der Waals surface area (Å²) in [6, 6.07) is -0.508. The van der Waals surface area contributed by atoms with Gasteiger partial charge in [0.2, 0.25) is 0 Å². The predicted octanol–water partition coefficient (Wildman–Crippen LogP) is 1.68. The Balaban J connectivity index is 1.79. The second kappa shape index (κ2) is 4.91. The van der Waals surface area contributed by atoms with Crippen LogP contribution in [0.2, 0.25) is 0 Å². The molecule has 0 aliphatic carbocycles. The molecule has 1 aromatic rings. The van der Waals surface area contributed by atoms with Gasteiger partial charge in [-0.05, 0) is 31.4 Å². The van der Waals surface area contributed by atoms with Crippen LogP contribution in [0.25, 0.3) is 0 Å². The highest BCUT2D eigenvalue weighted by molar-refractivity contribution is 8.00. The minimum Gasteiger partial charge on any atom is -0.480 e. The van der Waals surface area contributed by atoms with Crippen molar-refractivity contribution in [1.82, 2.24) is 14.8 Å². The zero-order valence-electron chi connectivity index (χ0n) is 10.2. The summed E-state index contributed by atoms with van der Waals surface area (Å²) >= 11 is 1.98. The Morgan fingerprint density at radius 2 is 2.33 bits per heavy atom. The predicted molar refractivity (Wildman–Crippen MR) is 68.8 cm³/mol. The average molecular weight is 267 g/mol. The van der Waals surface area contributed by atoms with E-state index in [1.165, 1.54) is 18.6 Å². The van der Waals surface area contributed by atoms with Crippen molar-refractivity contribution in [2.24, 2.45) is 0 Å². The molecule has 18 heavy (non-hydrogen) atoms. The summed E-state index contributed by atoms with van der Waals surface area (Å²) in [7, 11) is 0. The Labute approximate surface area is 110 Å². The van der Waals surface area contributed by atoms with Gasteiger partial charge in [-0.15, -0.1) is 0 Å². The highest BCUT2D eigenvalue weighted by Crippen LogP contribution is 2.29. The van der Waals surface area contributed by atoms with Crippen molar-refractivity contribution in [2.75, 3.05) is 5.75 Å². The molecule has 2 unspecified atom stereocenters. The highest BCUT2D eigenvalue weighted by Gasteiger charge is 2.29. The standard InChI is InChI=1S/C12H17N3O2S/c16-12(17)9-4-1-5-11-13-10(14-15(9)11)7-8-3-2-6-18-8/h8-9H,1-7H2,(H,16,17). The molecule has 98 valence electrons. The molecule has 1 saturated heterocycles. The van der Waals surface area contributed by atoms with Crippen LogP contribution in [0.3, 0.4) is 0 Å². The molecule has 6 heteroatoms. The van der Waals surface area contributed by atoms with E-state index < -0.39 is 12.0 Å². The summed E-state index contributed by atoms with van der Waals surface area (Å²) < 4.78 is 1.64. The molecular weight excluding hydrogens is 250 g/mol. The molecule has 1 fully saturated rings. The van der Waals surface area contributed by atoms with Crippen LogP contribution in [0.4, 0.5) is 0 Å². The smallest absolute Gasteiger partial charge is 0.328 e. The molecule has 0 bridgehead atoms. The zero-order valence-corrected chi connectivity index (χ0v) is 11.0. The number of carboxylic acids is 1. The van der Waals surface area contributed by atoms with Crippen LogP contribution in [0, 0.1) is 0 Å². The van der Waals surface area contributed by atoms with Gasteiger partial charge < -0.3 is 5.11 Å². The Morgan fingerprint density at radius 1 is 1.44 bits per heavy atom. The van der Waals surface area contributed by atoms with Gasteiger partial charge in [0, 0.05) is 18.1 Å². The number of thioether (sulfide) groups is 1. The monoisotopic (exact) mass is 267 g/mol. The maximum atomic E-state index is 11.2. The first-order chi connectivity index (χ1) is 8.74. The normalized spacial score (nSPS) is 27.1. The van der Waals surface area contributed by atoms with Crippen molar-refractivity contribution in [2.45, 2.75) is 49.8 Å². The topological polar surface area (TPSA) is 68.0 Å². The van der Waals surface area contributed by atoms with Crippen molar-refractivity contribution in [3.63, 3.8) is 0 Å². The maximum Gasteiger partial charge on any atom is 0.328 e. The minimum atomic E-state index is -0.789. The molecule has 2 aliphatic rings. The lowest BCUT2D eigenvalue weighted by molar-refractivity contribution is -0.141. The number of aryl methyl sites for hydroxylation is 1. The summed E-state index contributed by atoms with van der Waals surface area (Å²) in [5.74, 6) is 2.13.